The van der Waals surface area contributed by atoms with Crippen molar-refractivity contribution in [3.63, 3.8) is 0 Å². The molecule has 2 fully saturated rings. The molecule has 0 aromatic rings. The summed E-state index contributed by atoms with van der Waals surface area (Å²) in [7, 11) is 1.55. The summed E-state index contributed by atoms with van der Waals surface area (Å²) in [5, 5.41) is 12.2. The van der Waals surface area contributed by atoms with Gasteiger partial charge in [-0.25, -0.2) is 9.59 Å². The van der Waals surface area contributed by atoms with Crippen molar-refractivity contribution < 1.29 is 19.4 Å². The average molecular weight is 284 g/mol. The number of carbonyl (C=O) groups is 2. The number of aliphatic carboxylic acids is 1. The number of rotatable bonds is 3. The molecular formula is C14H24N2O4. The summed E-state index contributed by atoms with van der Waals surface area (Å²) in [6.45, 7) is 4.62. The number of urea groups is 1. The van der Waals surface area contributed by atoms with Gasteiger partial charge >= 0.3 is 12.0 Å². The lowest BCUT2D eigenvalue weighted by atomic mass is 9.87. The zero-order chi connectivity index (χ0) is 14.9. The highest BCUT2D eigenvalue weighted by atomic mass is 16.5. The maximum Gasteiger partial charge on any atom is 0.326 e. The molecule has 6 heteroatoms. The highest BCUT2D eigenvalue weighted by Crippen LogP contribution is 2.37. The van der Waals surface area contributed by atoms with Crippen molar-refractivity contribution in [3.8, 4) is 0 Å². The molecule has 114 valence electrons. The second kappa shape index (κ2) is 5.60. The number of ether oxygens (including phenoxy) is 1. The molecule has 1 saturated heterocycles. The highest BCUT2D eigenvalue weighted by molar-refractivity contribution is 5.83. The van der Waals surface area contributed by atoms with Crippen LogP contribution >= 0.6 is 0 Å². The monoisotopic (exact) mass is 284 g/mol. The number of amides is 2. The minimum absolute atomic E-state index is 0.0781. The summed E-state index contributed by atoms with van der Waals surface area (Å²) in [5.74, 6) is -0.967. The Balaban J connectivity index is 2.02. The maximum atomic E-state index is 12.4. The molecular weight excluding hydrogens is 260 g/mol. The molecule has 2 N–H and O–H groups in total. The second-order valence-electron chi connectivity index (χ2n) is 6.48. The van der Waals surface area contributed by atoms with Crippen molar-refractivity contribution in [2.45, 2.75) is 57.7 Å². The predicted molar refractivity (Wildman–Crippen MR) is 73.5 cm³/mol. The number of carboxylic acids is 1. The smallest absolute Gasteiger partial charge is 0.326 e. The molecule has 1 aliphatic carbocycles. The molecule has 1 aliphatic heterocycles. The van der Waals surface area contributed by atoms with E-state index in [9.17, 15) is 14.7 Å². The van der Waals surface area contributed by atoms with Crippen LogP contribution in [0, 0.1) is 5.41 Å². The van der Waals surface area contributed by atoms with Gasteiger partial charge < -0.3 is 20.1 Å². The van der Waals surface area contributed by atoms with Gasteiger partial charge in [0.05, 0.1) is 6.10 Å². The predicted octanol–water partition coefficient (Wildman–Crippen LogP) is 1.45. The Labute approximate surface area is 119 Å². The Bertz CT molecular complexity index is 397. The van der Waals surface area contributed by atoms with Gasteiger partial charge in [0.2, 0.25) is 0 Å². The van der Waals surface area contributed by atoms with Crippen molar-refractivity contribution in [1.82, 2.24) is 10.2 Å². The minimum Gasteiger partial charge on any atom is -0.480 e. The molecule has 0 aromatic carbocycles. The summed E-state index contributed by atoms with van der Waals surface area (Å²) in [6.07, 6.45) is 3.30. The van der Waals surface area contributed by atoms with E-state index in [4.69, 9.17) is 4.74 Å². The highest BCUT2D eigenvalue weighted by Gasteiger charge is 2.42. The van der Waals surface area contributed by atoms with Crippen molar-refractivity contribution in [1.29, 1.82) is 0 Å². The molecule has 3 unspecified atom stereocenters. The van der Waals surface area contributed by atoms with Crippen LogP contribution in [0.2, 0.25) is 0 Å². The van der Waals surface area contributed by atoms with E-state index in [1.807, 2.05) is 0 Å². The fraction of sp³-hybridized carbons (Fsp3) is 0.857. The molecule has 0 bridgehead atoms. The number of likely N-dealkylation sites (tertiary alicyclic amines) is 1. The normalized spacial score (nSPS) is 32.4. The van der Waals surface area contributed by atoms with Gasteiger partial charge in [-0.05, 0) is 18.3 Å². The van der Waals surface area contributed by atoms with E-state index in [0.717, 1.165) is 19.3 Å². The van der Waals surface area contributed by atoms with Crippen molar-refractivity contribution in [2.24, 2.45) is 5.41 Å². The van der Waals surface area contributed by atoms with Gasteiger partial charge in [-0.15, -0.1) is 0 Å². The van der Waals surface area contributed by atoms with Crippen LogP contribution in [-0.4, -0.2) is 53.8 Å². The van der Waals surface area contributed by atoms with E-state index in [1.165, 1.54) is 4.90 Å². The lowest BCUT2D eigenvalue weighted by molar-refractivity contribution is -0.141. The van der Waals surface area contributed by atoms with E-state index in [-0.39, 0.29) is 23.6 Å². The summed E-state index contributed by atoms with van der Waals surface area (Å²) < 4.78 is 5.20. The number of nitrogens with zero attached hydrogens (tertiary/aromatic N) is 1. The zero-order valence-corrected chi connectivity index (χ0v) is 12.4. The van der Waals surface area contributed by atoms with Crippen molar-refractivity contribution in [3.05, 3.63) is 0 Å². The summed E-state index contributed by atoms with van der Waals surface area (Å²) in [5.41, 5.74) is 0.0781. The number of hydrogen-bond donors (Lipinski definition) is 2. The Morgan fingerprint density at radius 2 is 2.10 bits per heavy atom. The van der Waals surface area contributed by atoms with Crippen LogP contribution in [0.4, 0.5) is 4.79 Å². The molecule has 0 aromatic heterocycles. The third kappa shape index (κ3) is 2.90. The van der Waals surface area contributed by atoms with Gasteiger partial charge in [0.15, 0.2) is 0 Å². The quantitative estimate of drug-likeness (QED) is 0.822. The summed E-state index contributed by atoms with van der Waals surface area (Å²) in [6, 6.07) is -0.951. The molecule has 3 atom stereocenters. The molecule has 6 nitrogen and oxygen atoms in total. The Hall–Kier alpha value is -1.30. The van der Waals surface area contributed by atoms with Crippen LogP contribution in [-0.2, 0) is 9.53 Å². The molecule has 2 rings (SSSR count). The Morgan fingerprint density at radius 1 is 1.40 bits per heavy atom. The van der Waals surface area contributed by atoms with Gasteiger partial charge in [0.1, 0.15) is 6.04 Å². The standard InChI is InChI=1S/C14H24N2O4/c1-14(2)6-4-5-11(14)15-13(19)16-8-9(20-3)7-10(16)12(17)18/h9-11H,4-8H2,1-3H3,(H,15,19)(H,17,18). The molecule has 0 spiro atoms. The fourth-order valence-corrected chi connectivity index (χ4v) is 3.25. The first-order valence-electron chi connectivity index (χ1n) is 7.18. The number of carboxylic acid groups (broad SMARTS) is 1. The topological polar surface area (TPSA) is 78.9 Å². The van der Waals surface area contributed by atoms with Gasteiger partial charge in [0, 0.05) is 26.1 Å². The SMILES string of the molecule is COC1CC(C(=O)O)N(C(=O)NC2CCCC2(C)C)C1. The number of methoxy groups -OCH3 is 1. The van der Waals surface area contributed by atoms with Crippen LogP contribution < -0.4 is 5.32 Å². The van der Waals surface area contributed by atoms with Crippen LogP contribution in [0.25, 0.3) is 0 Å². The maximum absolute atomic E-state index is 12.4. The lowest BCUT2D eigenvalue weighted by Gasteiger charge is -2.31. The first-order valence-corrected chi connectivity index (χ1v) is 7.18. The van der Waals surface area contributed by atoms with Crippen LogP contribution in [0.5, 0.6) is 0 Å². The number of carbonyl (C=O) groups excluding carboxylic acids is 1. The van der Waals surface area contributed by atoms with Gasteiger partial charge in [-0.1, -0.05) is 20.3 Å². The third-order valence-corrected chi connectivity index (χ3v) is 4.70. The molecule has 2 amide bonds. The summed E-state index contributed by atoms with van der Waals surface area (Å²) in [4.78, 5) is 25.0. The Morgan fingerprint density at radius 3 is 2.60 bits per heavy atom. The first-order chi connectivity index (χ1) is 9.35. The minimum atomic E-state index is -0.967. The molecule has 1 saturated carbocycles. The lowest BCUT2D eigenvalue weighted by Crippen LogP contribution is -2.51. The molecule has 20 heavy (non-hydrogen) atoms. The fourth-order valence-electron chi connectivity index (χ4n) is 3.25. The van der Waals surface area contributed by atoms with Crippen molar-refractivity contribution >= 4 is 12.0 Å². The Kier molecular flexibility index (Phi) is 4.22. The number of hydrogen-bond acceptors (Lipinski definition) is 3. The van der Waals surface area contributed by atoms with Gasteiger partial charge in [-0.2, -0.15) is 0 Å². The first kappa shape index (κ1) is 15.1. The summed E-state index contributed by atoms with van der Waals surface area (Å²) >= 11 is 0. The third-order valence-electron chi connectivity index (χ3n) is 4.70. The van der Waals surface area contributed by atoms with Gasteiger partial charge in [0.25, 0.3) is 0 Å². The second-order valence-corrected chi connectivity index (χ2v) is 6.48. The zero-order valence-electron chi connectivity index (χ0n) is 12.4. The molecule has 2 aliphatic rings. The number of nitrogens with one attached hydrogen (secondary N) is 1. The van der Waals surface area contributed by atoms with Crippen molar-refractivity contribution in [2.75, 3.05) is 13.7 Å². The van der Waals surface area contributed by atoms with E-state index >= 15 is 0 Å². The van der Waals surface area contributed by atoms with E-state index < -0.39 is 12.0 Å². The van der Waals surface area contributed by atoms with E-state index in [2.05, 4.69) is 19.2 Å². The molecule has 0 radical (unpaired) electrons. The van der Waals surface area contributed by atoms with Crippen LogP contribution in [0.15, 0.2) is 0 Å². The van der Waals surface area contributed by atoms with Crippen LogP contribution in [0.1, 0.15) is 39.5 Å². The average Bonchev–Trinajstić information content (AvgIpc) is 2.93. The van der Waals surface area contributed by atoms with Gasteiger partial charge in [-0.3, -0.25) is 0 Å². The largest absolute Gasteiger partial charge is 0.480 e. The molecule has 1 heterocycles. The van der Waals surface area contributed by atoms with Crippen LogP contribution in [0.3, 0.4) is 0 Å². The van der Waals surface area contributed by atoms with E-state index in [1.54, 1.807) is 7.11 Å². The van der Waals surface area contributed by atoms with E-state index in [0.29, 0.717) is 13.0 Å².